The predicted octanol–water partition coefficient (Wildman–Crippen LogP) is 5.52. The predicted molar refractivity (Wildman–Crippen MR) is 111 cm³/mol. The van der Waals surface area contributed by atoms with Gasteiger partial charge in [-0.2, -0.15) is 13.2 Å². The molecular weight excluding hydrogens is 411 g/mol. The number of amides is 1. The lowest BCUT2D eigenvalue weighted by atomic mass is 9.87. The van der Waals surface area contributed by atoms with Crippen LogP contribution in [0.1, 0.15) is 38.8 Å². The smallest absolute Gasteiger partial charge is 0.417 e. The normalized spacial score (nSPS) is 13.1. The number of anilines is 1. The van der Waals surface area contributed by atoms with Crippen molar-refractivity contribution in [3.8, 4) is 5.75 Å². The number of carbonyl (C=O) groups is 1. The molecule has 0 radical (unpaired) electrons. The van der Waals surface area contributed by atoms with Crippen LogP contribution in [0.4, 0.5) is 18.9 Å². The molecule has 0 spiro atoms. The van der Waals surface area contributed by atoms with Crippen LogP contribution in [0, 0.1) is 0 Å². The van der Waals surface area contributed by atoms with E-state index in [0.717, 1.165) is 17.7 Å². The average molecular weight is 433 g/mol. The molecule has 0 aliphatic carbocycles. The molecule has 1 N–H and O–H groups in total. The van der Waals surface area contributed by atoms with Crippen molar-refractivity contribution in [2.24, 2.45) is 0 Å². The first kappa shape index (κ1) is 22.4. The fourth-order valence-corrected chi connectivity index (χ4v) is 3.01. The first-order chi connectivity index (χ1) is 14.3. The highest BCUT2D eigenvalue weighted by molar-refractivity contribution is 5.94. The Morgan fingerprint density at radius 3 is 2.26 bits per heavy atom. The Bertz CT molecular complexity index is 1160. The van der Waals surface area contributed by atoms with Crippen LogP contribution >= 0.6 is 0 Å². The molecule has 1 heterocycles. The largest absolute Gasteiger partial charge is 0.481 e. The Morgan fingerprint density at radius 1 is 1.03 bits per heavy atom. The lowest BCUT2D eigenvalue weighted by Gasteiger charge is -2.19. The van der Waals surface area contributed by atoms with Gasteiger partial charge in [-0.3, -0.25) is 4.79 Å². The Balaban J connectivity index is 1.76. The summed E-state index contributed by atoms with van der Waals surface area (Å²) in [5.74, 6) is -0.338. The highest BCUT2D eigenvalue weighted by atomic mass is 19.4. The number of nitrogens with one attached hydrogen (secondary N) is 1. The second-order valence-electron chi connectivity index (χ2n) is 8.21. The van der Waals surface area contributed by atoms with E-state index in [0.29, 0.717) is 11.8 Å². The average Bonchev–Trinajstić information content (AvgIpc) is 2.66. The number of benzene rings is 2. The molecule has 0 fully saturated rings. The van der Waals surface area contributed by atoms with Crippen LogP contribution < -0.4 is 15.7 Å². The van der Waals surface area contributed by atoms with Gasteiger partial charge in [0.2, 0.25) is 0 Å². The number of alkyl halides is 3. The molecule has 164 valence electrons. The SMILES string of the molecule is C[C@H](Oc1ccc2c(C(F)(F)F)cc(=O)oc2c1)C(=O)Nc1ccc(C(C)(C)C)cc1. The fraction of sp³-hybridized carbons (Fsp3) is 0.304. The van der Waals surface area contributed by atoms with Crippen LogP contribution in [0.3, 0.4) is 0 Å². The summed E-state index contributed by atoms with van der Waals surface area (Å²) in [5.41, 5.74) is -0.798. The van der Waals surface area contributed by atoms with Gasteiger partial charge in [-0.15, -0.1) is 0 Å². The van der Waals surface area contributed by atoms with E-state index in [1.54, 1.807) is 12.1 Å². The van der Waals surface area contributed by atoms with Crippen LogP contribution in [0.25, 0.3) is 11.0 Å². The molecule has 3 rings (SSSR count). The Hall–Kier alpha value is -3.29. The fourth-order valence-electron chi connectivity index (χ4n) is 3.01. The van der Waals surface area contributed by atoms with E-state index < -0.39 is 29.4 Å². The first-order valence-electron chi connectivity index (χ1n) is 9.58. The molecule has 0 saturated carbocycles. The van der Waals surface area contributed by atoms with Crippen molar-refractivity contribution in [1.82, 2.24) is 0 Å². The number of hydrogen-bond donors (Lipinski definition) is 1. The summed E-state index contributed by atoms with van der Waals surface area (Å²) in [7, 11) is 0. The second kappa shape index (κ2) is 8.09. The number of rotatable bonds is 4. The van der Waals surface area contributed by atoms with Gasteiger partial charge in [0.1, 0.15) is 11.3 Å². The second-order valence-corrected chi connectivity index (χ2v) is 8.21. The molecular formula is C23H22F3NO4. The van der Waals surface area contributed by atoms with Crippen molar-refractivity contribution in [3.63, 3.8) is 0 Å². The van der Waals surface area contributed by atoms with Crippen molar-refractivity contribution < 1.29 is 27.1 Å². The third kappa shape index (κ3) is 5.25. The number of carbonyl (C=O) groups excluding carboxylic acids is 1. The van der Waals surface area contributed by atoms with Crippen LogP contribution in [0.2, 0.25) is 0 Å². The molecule has 5 nitrogen and oxygen atoms in total. The van der Waals surface area contributed by atoms with Gasteiger partial charge in [-0.25, -0.2) is 4.79 Å². The van der Waals surface area contributed by atoms with E-state index >= 15 is 0 Å². The van der Waals surface area contributed by atoms with Gasteiger partial charge < -0.3 is 14.5 Å². The zero-order chi connectivity index (χ0) is 23.0. The van der Waals surface area contributed by atoms with Crippen LogP contribution in [-0.4, -0.2) is 12.0 Å². The van der Waals surface area contributed by atoms with Gasteiger partial charge in [-0.05, 0) is 42.2 Å². The van der Waals surface area contributed by atoms with Crippen molar-refractivity contribution in [1.29, 1.82) is 0 Å². The monoisotopic (exact) mass is 433 g/mol. The van der Waals surface area contributed by atoms with E-state index in [4.69, 9.17) is 9.15 Å². The summed E-state index contributed by atoms with van der Waals surface area (Å²) >= 11 is 0. The molecule has 31 heavy (non-hydrogen) atoms. The highest BCUT2D eigenvalue weighted by Crippen LogP contribution is 2.35. The van der Waals surface area contributed by atoms with Crippen LogP contribution in [0.5, 0.6) is 5.75 Å². The van der Waals surface area contributed by atoms with Crippen molar-refractivity contribution >= 4 is 22.6 Å². The third-order valence-corrected chi connectivity index (χ3v) is 4.72. The summed E-state index contributed by atoms with van der Waals surface area (Å²) in [6, 6.07) is 11.4. The number of halogens is 3. The maximum Gasteiger partial charge on any atom is 0.417 e. The third-order valence-electron chi connectivity index (χ3n) is 4.72. The summed E-state index contributed by atoms with van der Waals surface area (Å²) in [5, 5.41) is 2.46. The Labute approximate surface area is 176 Å². The van der Waals surface area contributed by atoms with Gasteiger partial charge in [0, 0.05) is 23.2 Å². The molecule has 8 heteroatoms. The Kier molecular flexibility index (Phi) is 5.85. The van der Waals surface area contributed by atoms with E-state index in [9.17, 15) is 22.8 Å². The van der Waals surface area contributed by atoms with Gasteiger partial charge >= 0.3 is 11.8 Å². The number of fused-ring (bicyclic) bond motifs is 1. The van der Waals surface area contributed by atoms with Crippen molar-refractivity contribution in [3.05, 3.63) is 70.1 Å². The minimum atomic E-state index is -4.70. The molecule has 1 amide bonds. The molecule has 0 saturated heterocycles. The maximum absolute atomic E-state index is 13.1. The summed E-state index contributed by atoms with van der Waals surface area (Å²) in [4.78, 5) is 24.0. The van der Waals surface area contributed by atoms with Crippen molar-refractivity contribution in [2.45, 2.75) is 45.4 Å². The first-order valence-corrected chi connectivity index (χ1v) is 9.58. The number of hydrogen-bond acceptors (Lipinski definition) is 4. The van der Waals surface area contributed by atoms with E-state index in [1.165, 1.54) is 13.0 Å². The van der Waals surface area contributed by atoms with E-state index in [1.807, 2.05) is 12.1 Å². The zero-order valence-electron chi connectivity index (χ0n) is 17.5. The lowest BCUT2D eigenvalue weighted by Crippen LogP contribution is -2.30. The summed E-state index contributed by atoms with van der Waals surface area (Å²) in [6.07, 6.45) is -5.65. The molecule has 0 aliphatic heterocycles. The van der Waals surface area contributed by atoms with Crippen molar-refractivity contribution in [2.75, 3.05) is 5.32 Å². The zero-order valence-corrected chi connectivity index (χ0v) is 17.5. The molecule has 0 bridgehead atoms. The maximum atomic E-state index is 13.1. The number of ether oxygens (including phenoxy) is 1. The Morgan fingerprint density at radius 2 is 1.68 bits per heavy atom. The molecule has 0 unspecified atom stereocenters. The topological polar surface area (TPSA) is 68.5 Å². The molecule has 0 aliphatic rings. The standard InChI is InChI=1S/C23H22F3NO4/c1-13(21(29)27-15-7-5-14(6-8-15)22(2,3)4)30-16-9-10-17-18(23(24,25)26)12-20(28)31-19(17)11-16/h5-13H,1-4H3,(H,27,29)/t13-/m0/s1. The van der Waals surface area contributed by atoms with E-state index in [-0.39, 0.29) is 22.1 Å². The molecule has 3 aromatic rings. The summed E-state index contributed by atoms with van der Waals surface area (Å²) in [6.45, 7) is 7.75. The minimum absolute atomic E-state index is 0.0178. The molecule has 1 atom stereocenters. The quantitative estimate of drug-likeness (QED) is 0.551. The molecule has 1 aromatic heterocycles. The van der Waals surface area contributed by atoms with Crippen LogP contribution in [-0.2, 0) is 16.4 Å². The van der Waals surface area contributed by atoms with Gasteiger partial charge in [0.05, 0.1) is 5.56 Å². The van der Waals surface area contributed by atoms with Gasteiger partial charge in [0.25, 0.3) is 5.91 Å². The van der Waals surface area contributed by atoms with Crippen LogP contribution in [0.15, 0.2) is 57.7 Å². The molecule has 2 aromatic carbocycles. The highest BCUT2D eigenvalue weighted by Gasteiger charge is 2.34. The van der Waals surface area contributed by atoms with Gasteiger partial charge in [-0.1, -0.05) is 32.9 Å². The lowest BCUT2D eigenvalue weighted by molar-refractivity contribution is -0.136. The summed E-state index contributed by atoms with van der Waals surface area (Å²) < 4.78 is 49.9. The minimum Gasteiger partial charge on any atom is -0.481 e. The van der Waals surface area contributed by atoms with E-state index in [2.05, 4.69) is 26.1 Å². The van der Waals surface area contributed by atoms with Gasteiger partial charge in [0.15, 0.2) is 6.10 Å².